The Hall–Kier alpha value is -3.36. The first kappa shape index (κ1) is 22.3. The predicted molar refractivity (Wildman–Crippen MR) is 107 cm³/mol. The fourth-order valence-electron chi connectivity index (χ4n) is 3.20. The quantitative estimate of drug-likeness (QED) is 0.722. The van der Waals surface area contributed by atoms with Crippen LogP contribution in [0.1, 0.15) is 42.3 Å². The summed E-state index contributed by atoms with van der Waals surface area (Å²) in [5.74, 6) is -2.72. The number of carbonyl (C=O) groups is 3. The van der Waals surface area contributed by atoms with Gasteiger partial charge in [0.25, 0.3) is 17.5 Å². The van der Waals surface area contributed by atoms with Gasteiger partial charge in [-0.1, -0.05) is 63.2 Å². The van der Waals surface area contributed by atoms with Crippen LogP contribution in [0.15, 0.2) is 54.6 Å². The van der Waals surface area contributed by atoms with E-state index in [1.54, 1.807) is 53.1 Å². The number of halogens is 3. The third-order valence-electron chi connectivity index (χ3n) is 5.03. The van der Waals surface area contributed by atoms with Crippen LogP contribution in [-0.2, 0) is 16.8 Å². The molecular formula is C22H22F3N3O3. The molecule has 2 N–H and O–H groups in total. The number of urea groups is 1. The first-order valence-corrected chi connectivity index (χ1v) is 9.53. The molecular weight excluding hydrogens is 411 g/mol. The Kier molecular flexibility index (Phi) is 5.56. The molecule has 0 bridgehead atoms. The van der Waals surface area contributed by atoms with Gasteiger partial charge in [0.05, 0.1) is 6.54 Å². The van der Waals surface area contributed by atoms with E-state index in [4.69, 9.17) is 0 Å². The number of nitrogens with zero attached hydrogens (tertiary/aromatic N) is 1. The summed E-state index contributed by atoms with van der Waals surface area (Å²) < 4.78 is 41.9. The van der Waals surface area contributed by atoms with Gasteiger partial charge in [0.1, 0.15) is 0 Å². The zero-order valence-electron chi connectivity index (χ0n) is 17.2. The van der Waals surface area contributed by atoms with E-state index in [1.165, 1.54) is 12.1 Å². The molecule has 9 heteroatoms. The molecule has 0 aromatic heterocycles. The molecule has 1 heterocycles. The van der Waals surface area contributed by atoms with Gasteiger partial charge in [0, 0.05) is 5.56 Å². The van der Waals surface area contributed by atoms with Gasteiger partial charge in [0.2, 0.25) is 0 Å². The molecule has 164 valence electrons. The van der Waals surface area contributed by atoms with E-state index in [9.17, 15) is 27.6 Å². The van der Waals surface area contributed by atoms with Crippen molar-refractivity contribution in [3.63, 3.8) is 0 Å². The average molecular weight is 433 g/mol. The van der Waals surface area contributed by atoms with Gasteiger partial charge in [-0.25, -0.2) is 4.79 Å². The Morgan fingerprint density at radius 3 is 2.10 bits per heavy atom. The Labute approximate surface area is 177 Å². The fourth-order valence-corrected chi connectivity index (χ4v) is 3.20. The van der Waals surface area contributed by atoms with E-state index in [2.05, 4.69) is 0 Å². The van der Waals surface area contributed by atoms with Gasteiger partial charge < -0.3 is 5.32 Å². The third-order valence-corrected chi connectivity index (χ3v) is 5.03. The molecule has 3 rings (SSSR count). The molecule has 4 amide bonds. The maximum Gasteiger partial charge on any atom is 0.440 e. The van der Waals surface area contributed by atoms with Crippen LogP contribution in [0.25, 0.3) is 0 Å². The first-order valence-electron chi connectivity index (χ1n) is 9.53. The zero-order chi connectivity index (χ0) is 23.0. The molecule has 1 saturated heterocycles. The van der Waals surface area contributed by atoms with Crippen molar-refractivity contribution in [2.75, 3.05) is 0 Å². The average Bonchev–Trinajstić information content (AvgIpc) is 2.93. The maximum atomic E-state index is 14.0. The molecule has 0 radical (unpaired) electrons. The number of benzene rings is 2. The lowest BCUT2D eigenvalue weighted by Crippen LogP contribution is -2.69. The topological polar surface area (TPSA) is 78.5 Å². The lowest BCUT2D eigenvalue weighted by atomic mass is 9.86. The van der Waals surface area contributed by atoms with Crippen LogP contribution in [0, 0.1) is 0 Å². The van der Waals surface area contributed by atoms with Crippen molar-refractivity contribution < 1.29 is 27.6 Å². The second kappa shape index (κ2) is 7.72. The largest absolute Gasteiger partial charge is 0.440 e. The lowest BCUT2D eigenvalue weighted by Gasteiger charge is -2.30. The minimum absolute atomic E-state index is 0.0693. The normalized spacial score (nSPS) is 19.4. The van der Waals surface area contributed by atoms with Crippen LogP contribution in [0.3, 0.4) is 0 Å². The fraction of sp³-hybridized carbons (Fsp3) is 0.318. The maximum absolute atomic E-state index is 14.0. The Morgan fingerprint density at radius 2 is 1.58 bits per heavy atom. The van der Waals surface area contributed by atoms with E-state index in [-0.39, 0.29) is 17.5 Å². The molecule has 6 nitrogen and oxygen atoms in total. The molecule has 1 atom stereocenters. The third kappa shape index (κ3) is 4.26. The minimum atomic E-state index is -5.26. The number of alkyl halides is 3. The van der Waals surface area contributed by atoms with Gasteiger partial charge in [0.15, 0.2) is 0 Å². The highest BCUT2D eigenvalue weighted by atomic mass is 19.4. The van der Waals surface area contributed by atoms with Crippen molar-refractivity contribution in [1.82, 2.24) is 15.5 Å². The number of amides is 4. The Morgan fingerprint density at radius 1 is 1.00 bits per heavy atom. The highest BCUT2D eigenvalue weighted by Crippen LogP contribution is 2.34. The molecule has 2 aromatic rings. The van der Waals surface area contributed by atoms with Crippen molar-refractivity contribution >= 4 is 17.8 Å². The molecule has 0 saturated carbocycles. The molecule has 1 aliphatic heterocycles. The number of carbonyl (C=O) groups excluding carboxylic acids is 3. The van der Waals surface area contributed by atoms with Gasteiger partial charge in [-0.05, 0) is 28.7 Å². The highest BCUT2D eigenvalue weighted by Gasteiger charge is 2.68. The Balaban J connectivity index is 1.89. The van der Waals surface area contributed by atoms with Crippen molar-refractivity contribution in [2.45, 2.75) is 44.6 Å². The molecule has 0 aliphatic carbocycles. The van der Waals surface area contributed by atoms with E-state index in [0.29, 0.717) is 10.5 Å². The summed E-state index contributed by atoms with van der Waals surface area (Å²) in [5.41, 5.74) is -2.48. The highest BCUT2D eigenvalue weighted by molar-refractivity contribution is 6.10. The number of rotatable bonds is 4. The smallest absolute Gasteiger partial charge is 0.314 e. The predicted octanol–water partition coefficient (Wildman–Crippen LogP) is 3.72. The first-order chi connectivity index (χ1) is 14.3. The lowest BCUT2D eigenvalue weighted by molar-refractivity contribution is -0.200. The van der Waals surface area contributed by atoms with Crippen molar-refractivity contribution in [1.29, 1.82) is 0 Å². The van der Waals surface area contributed by atoms with Crippen LogP contribution >= 0.6 is 0 Å². The summed E-state index contributed by atoms with van der Waals surface area (Å²) >= 11 is 0. The summed E-state index contributed by atoms with van der Waals surface area (Å²) in [6, 6.07) is 12.9. The van der Waals surface area contributed by atoms with E-state index >= 15 is 0 Å². The van der Waals surface area contributed by atoms with E-state index in [1.807, 2.05) is 20.8 Å². The van der Waals surface area contributed by atoms with Crippen molar-refractivity contribution in [3.05, 3.63) is 71.3 Å². The Bertz CT molecular complexity index is 999. The van der Waals surface area contributed by atoms with Crippen molar-refractivity contribution in [3.8, 4) is 0 Å². The summed E-state index contributed by atoms with van der Waals surface area (Å²) in [4.78, 5) is 38.1. The minimum Gasteiger partial charge on any atom is -0.314 e. The molecule has 1 fully saturated rings. The molecule has 0 unspecified atom stereocenters. The molecule has 2 aromatic carbocycles. The summed E-state index contributed by atoms with van der Waals surface area (Å²) in [6.45, 7) is 5.50. The van der Waals surface area contributed by atoms with Crippen molar-refractivity contribution in [2.24, 2.45) is 0 Å². The van der Waals surface area contributed by atoms with Crippen LogP contribution in [0.5, 0.6) is 0 Å². The van der Waals surface area contributed by atoms with Gasteiger partial charge in [-0.3, -0.25) is 19.8 Å². The standard InChI is InChI=1S/C22H22F3N3O3/c1-20(2,3)16-11-9-15(10-12-16)17(29)26-21(22(23,24)25)18(30)28(19(31)27-21)13-14-7-5-4-6-8-14/h4-12H,13H2,1-3H3,(H,26,29)(H,27,31)/t21-/m1/s1. The number of imide groups is 1. The van der Waals surface area contributed by atoms with Crippen LogP contribution in [0.2, 0.25) is 0 Å². The van der Waals surface area contributed by atoms with Crippen LogP contribution in [-0.4, -0.2) is 34.6 Å². The van der Waals surface area contributed by atoms with Gasteiger partial charge in [-0.15, -0.1) is 0 Å². The summed E-state index contributed by atoms with van der Waals surface area (Å²) in [7, 11) is 0. The second-order valence-electron chi connectivity index (χ2n) is 8.34. The zero-order valence-corrected chi connectivity index (χ0v) is 17.2. The number of nitrogens with one attached hydrogen (secondary N) is 2. The van der Waals surface area contributed by atoms with Gasteiger partial charge in [-0.2, -0.15) is 13.2 Å². The molecule has 1 aliphatic rings. The second-order valence-corrected chi connectivity index (χ2v) is 8.34. The van der Waals surface area contributed by atoms with E-state index in [0.717, 1.165) is 5.56 Å². The number of hydrogen-bond acceptors (Lipinski definition) is 3. The number of hydrogen-bond donors (Lipinski definition) is 2. The molecule has 0 spiro atoms. The van der Waals surface area contributed by atoms with E-state index < -0.39 is 29.7 Å². The van der Waals surface area contributed by atoms with Crippen LogP contribution in [0.4, 0.5) is 18.0 Å². The molecule has 31 heavy (non-hydrogen) atoms. The summed E-state index contributed by atoms with van der Waals surface area (Å²) in [6.07, 6.45) is -5.26. The van der Waals surface area contributed by atoms with Gasteiger partial charge >= 0.3 is 12.2 Å². The van der Waals surface area contributed by atoms with Crippen LogP contribution < -0.4 is 10.6 Å². The monoisotopic (exact) mass is 433 g/mol. The SMILES string of the molecule is CC(C)(C)c1ccc(C(=O)N[C@@]2(C(F)(F)F)NC(=O)N(Cc3ccccc3)C2=O)cc1. The summed E-state index contributed by atoms with van der Waals surface area (Å²) in [5, 5.41) is 3.36.